The molecule has 0 saturated heterocycles. The van der Waals surface area contributed by atoms with Crippen molar-refractivity contribution in [1.82, 2.24) is 0 Å². The molecular formula is C13H32OSi2. The quantitative estimate of drug-likeness (QED) is 0.667. The lowest BCUT2D eigenvalue weighted by Crippen LogP contribution is -2.47. The lowest BCUT2D eigenvalue weighted by atomic mass is 9.56. The first-order valence-electron chi connectivity index (χ1n) is 6.53. The van der Waals surface area contributed by atoms with Gasteiger partial charge in [0.05, 0.1) is 0 Å². The van der Waals surface area contributed by atoms with Gasteiger partial charge in [0.1, 0.15) is 10.5 Å². The van der Waals surface area contributed by atoms with E-state index < -0.39 is 9.76 Å². The van der Waals surface area contributed by atoms with Crippen molar-refractivity contribution in [2.75, 3.05) is 0 Å². The van der Waals surface area contributed by atoms with E-state index in [-0.39, 0.29) is 0 Å². The van der Waals surface area contributed by atoms with Gasteiger partial charge in [0.15, 0.2) is 9.76 Å². The van der Waals surface area contributed by atoms with Crippen LogP contribution in [0.2, 0.25) is 5.04 Å². The molecule has 0 aliphatic heterocycles. The molecule has 0 bridgehead atoms. The van der Waals surface area contributed by atoms with Crippen LogP contribution in [-0.4, -0.2) is 20.2 Å². The summed E-state index contributed by atoms with van der Waals surface area (Å²) in [6.45, 7) is 19.2. The van der Waals surface area contributed by atoms with Gasteiger partial charge >= 0.3 is 0 Å². The standard InChI is InChI=1S/C13H32OSi2/c1-9-10(2)11(3,4)12(5,6)13(7,8)16-14-15/h10H,9,16H2,1-8,15H3. The van der Waals surface area contributed by atoms with E-state index in [4.69, 9.17) is 4.12 Å². The highest BCUT2D eigenvalue weighted by Gasteiger charge is 2.49. The minimum absolute atomic E-state index is 0.325. The van der Waals surface area contributed by atoms with Crippen LogP contribution >= 0.6 is 0 Å². The predicted molar refractivity (Wildman–Crippen MR) is 80.6 cm³/mol. The summed E-state index contributed by atoms with van der Waals surface area (Å²) in [7, 11) is 0.487. The van der Waals surface area contributed by atoms with Gasteiger partial charge in [-0.25, -0.2) is 0 Å². The van der Waals surface area contributed by atoms with E-state index in [0.717, 1.165) is 16.4 Å². The van der Waals surface area contributed by atoms with Crippen molar-refractivity contribution in [2.24, 2.45) is 16.7 Å². The Morgan fingerprint density at radius 2 is 1.56 bits per heavy atom. The number of rotatable bonds is 6. The summed E-state index contributed by atoms with van der Waals surface area (Å²) in [5.74, 6) is 0.755. The third-order valence-corrected chi connectivity index (χ3v) is 8.41. The summed E-state index contributed by atoms with van der Waals surface area (Å²) < 4.78 is 5.68. The molecule has 0 amide bonds. The Bertz CT molecular complexity index is 222. The Kier molecular flexibility index (Phi) is 5.49. The van der Waals surface area contributed by atoms with Crippen LogP contribution in [0.5, 0.6) is 0 Å². The SMILES string of the molecule is CCC(C)C(C)(C)C(C)(C)C(C)(C)[SiH2]O[SiH3]. The zero-order valence-electron chi connectivity index (χ0n) is 12.9. The highest BCUT2D eigenvalue weighted by molar-refractivity contribution is 6.38. The van der Waals surface area contributed by atoms with Gasteiger partial charge in [-0.15, -0.1) is 0 Å². The molecule has 3 heteroatoms. The molecule has 0 rings (SSSR count). The van der Waals surface area contributed by atoms with Crippen molar-refractivity contribution < 1.29 is 4.12 Å². The molecule has 0 aromatic carbocycles. The Balaban J connectivity index is 5.16. The Morgan fingerprint density at radius 1 is 1.12 bits per heavy atom. The third-order valence-electron chi connectivity index (χ3n) is 5.65. The maximum absolute atomic E-state index is 5.68. The Morgan fingerprint density at radius 3 is 1.88 bits per heavy atom. The van der Waals surface area contributed by atoms with E-state index >= 15 is 0 Å². The average Bonchev–Trinajstić information content (AvgIpc) is 2.15. The van der Waals surface area contributed by atoms with Gasteiger partial charge in [-0.3, -0.25) is 0 Å². The van der Waals surface area contributed by atoms with E-state index in [1.54, 1.807) is 0 Å². The molecule has 16 heavy (non-hydrogen) atoms. The average molecular weight is 261 g/mol. The highest BCUT2D eigenvalue weighted by atomic mass is 28.3. The van der Waals surface area contributed by atoms with Crippen LogP contribution in [0.4, 0.5) is 0 Å². The molecule has 98 valence electrons. The monoisotopic (exact) mass is 260 g/mol. The minimum Gasteiger partial charge on any atom is -0.468 e. The first kappa shape index (κ1) is 16.4. The second-order valence-corrected chi connectivity index (χ2v) is 11.3. The molecule has 0 radical (unpaired) electrons. The highest BCUT2D eigenvalue weighted by Crippen LogP contribution is 2.58. The van der Waals surface area contributed by atoms with Crippen LogP contribution in [0.3, 0.4) is 0 Å². The Labute approximate surface area is 108 Å². The van der Waals surface area contributed by atoms with E-state index in [0.29, 0.717) is 15.9 Å². The van der Waals surface area contributed by atoms with Crippen LogP contribution in [0.1, 0.15) is 61.8 Å². The topological polar surface area (TPSA) is 9.23 Å². The summed E-state index contributed by atoms with van der Waals surface area (Å²) in [6, 6.07) is 0. The van der Waals surface area contributed by atoms with Crippen molar-refractivity contribution >= 4 is 20.2 Å². The van der Waals surface area contributed by atoms with E-state index in [9.17, 15) is 0 Å². The number of hydrogen-bond donors (Lipinski definition) is 0. The maximum atomic E-state index is 5.68. The zero-order chi connectivity index (χ0) is 13.2. The van der Waals surface area contributed by atoms with Crippen LogP contribution in [0.25, 0.3) is 0 Å². The van der Waals surface area contributed by atoms with Gasteiger partial charge in [0, 0.05) is 0 Å². The first-order chi connectivity index (χ1) is 7.04. The summed E-state index contributed by atoms with van der Waals surface area (Å²) in [5.41, 5.74) is 0.685. The smallest absolute Gasteiger partial charge is 0.151 e. The molecule has 1 atom stereocenters. The molecule has 0 heterocycles. The molecule has 1 nitrogen and oxygen atoms in total. The lowest BCUT2D eigenvalue weighted by molar-refractivity contribution is 0.00951. The van der Waals surface area contributed by atoms with E-state index in [1.807, 2.05) is 0 Å². The van der Waals surface area contributed by atoms with Crippen LogP contribution in [0, 0.1) is 16.7 Å². The summed E-state index contributed by atoms with van der Waals surface area (Å²) in [5, 5.41) is 0.363. The molecule has 0 aliphatic rings. The first-order valence-corrected chi connectivity index (χ1v) is 8.63. The summed E-state index contributed by atoms with van der Waals surface area (Å²) in [4.78, 5) is 0. The predicted octanol–water partition coefficient (Wildman–Crippen LogP) is 2.66. The molecule has 0 aliphatic carbocycles. The maximum Gasteiger partial charge on any atom is 0.151 e. The van der Waals surface area contributed by atoms with Crippen LogP contribution in [0.15, 0.2) is 0 Å². The van der Waals surface area contributed by atoms with Crippen molar-refractivity contribution in [3.63, 3.8) is 0 Å². The van der Waals surface area contributed by atoms with Gasteiger partial charge in [0.25, 0.3) is 0 Å². The van der Waals surface area contributed by atoms with Gasteiger partial charge in [-0.1, -0.05) is 61.8 Å². The molecule has 0 N–H and O–H groups in total. The molecule has 0 saturated carbocycles. The van der Waals surface area contributed by atoms with Crippen LogP contribution in [-0.2, 0) is 4.12 Å². The number of hydrogen-bond acceptors (Lipinski definition) is 1. The van der Waals surface area contributed by atoms with Crippen molar-refractivity contribution in [2.45, 2.75) is 66.8 Å². The summed E-state index contributed by atoms with van der Waals surface area (Å²) >= 11 is 0. The fourth-order valence-corrected chi connectivity index (χ4v) is 6.24. The van der Waals surface area contributed by atoms with E-state index in [2.05, 4.69) is 55.4 Å². The normalized spacial score (nSPS) is 17.2. The van der Waals surface area contributed by atoms with Gasteiger partial charge in [0.2, 0.25) is 0 Å². The second kappa shape index (κ2) is 5.36. The van der Waals surface area contributed by atoms with Crippen molar-refractivity contribution in [3.05, 3.63) is 0 Å². The van der Waals surface area contributed by atoms with Gasteiger partial charge in [-0.2, -0.15) is 0 Å². The molecule has 0 spiro atoms. The molecule has 0 aromatic heterocycles. The van der Waals surface area contributed by atoms with Gasteiger partial charge in [-0.05, 0) is 21.8 Å². The van der Waals surface area contributed by atoms with Crippen LogP contribution < -0.4 is 0 Å². The lowest BCUT2D eigenvalue weighted by Gasteiger charge is -2.54. The largest absolute Gasteiger partial charge is 0.468 e. The minimum atomic E-state index is -0.412. The summed E-state index contributed by atoms with van der Waals surface area (Å²) in [6.07, 6.45) is 1.26. The zero-order valence-corrected chi connectivity index (χ0v) is 16.3. The molecule has 0 fully saturated rings. The fraction of sp³-hybridized carbons (Fsp3) is 1.00. The molecular weight excluding hydrogens is 228 g/mol. The molecule has 0 aromatic rings. The van der Waals surface area contributed by atoms with Crippen molar-refractivity contribution in [1.29, 1.82) is 0 Å². The third kappa shape index (κ3) is 2.80. The van der Waals surface area contributed by atoms with Crippen molar-refractivity contribution in [3.8, 4) is 0 Å². The van der Waals surface area contributed by atoms with Gasteiger partial charge < -0.3 is 4.12 Å². The van der Waals surface area contributed by atoms with E-state index in [1.165, 1.54) is 6.42 Å². The second-order valence-electron chi connectivity index (χ2n) is 6.97. The Hall–Kier alpha value is 0.394. The molecule has 1 unspecified atom stereocenters. The fourth-order valence-electron chi connectivity index (χ4n) is 2.54.